The van der Waals surface area contributed by atoms with Gasteiger partial charge in [-0.25, -0.2) is 4.79 Å². The van der Waals surface area contributed by atoms with Gasteiger partial charge in [-0.2, -0.15) is 4.98 Å². The average Bonchev–Trinajstić information content (AvgIpc) is 3.17. The highest BCUT2D eigenvalue weighted by atomic mass is 79.9. The van der Waals surface area contributed by atoms with Crippen LogP contribution in [0.25, 0.3) is 11.5 Å². The van der Waals surface area contributed by atoms with Crippen LogP contribution < -0.4 is 15.4 Å². The molecular weight excluding hydrogens is 412 g/mol. The zero-order chi connectivity index (χ0) is 19.2. The van der Waals surface area contributed by atoms with Crippen molar-refractivity contribution in [3.05, 3.63) is 58.8 Å². The molecule has 27 heavy (non-hydrogen) atoms. The summed E-state index contributed by atoms with van der Waals surface area (Å²) in [7, 11) is 1.59. The standard InChI is InChI=1S/C19H19BrN4O3/c1-3-16(22-19(25)21-14-7-9-15(26-2)10-8-14)17-23-18(27-24-17)12-5-4-6-13(20)11-12/h4-11,16H,3H2,1-2H3,(H2,21,22,25). The second-order valence-corrected chi connectivity index (χ2v) is 6.67. The number of carbonyl (C=O) groups is 1. The van der Waals surface area contributed by atoms with Gasteiger partial charge in [0.05, 0.1) is 13.2 Å². The van der Waals surface area contributed by atoms with Crippen LogP contribution in [-0.2, 0) is 0 Å². The number of urea groups is 1. The van der Waals surface area contributed by atoms with Crippen molar-refractivity contribution in [1.82, 2.24) is 15.5 Å². The van der Waals surface area contributed by atoms with Crippen LogP contribution >= 0.6 is 15.9 Å². The lowest BCUT2D eigenvalue weighted by Crippen LogP contribution is -2.32. The first-order valence-corrected chi connectivity index (χ1v) is 9.19. The molecule has 8 heteroatoms. The monoisotopic (exact) mass is 430 g/mol. The van der Waals surface area contributed by atoms with E-state index in [-0.39, 0.29) is 12.1 Å². The number of rotatable bonds is 6. The summed E-state index contributed by atoms with van der Waals surface area (Å²) in [4.78, 5) is 16.7. The summed E-state index contributed by atoms with van der Waals surface area (Å²) in [5.41, 5.74) is 1.46. The maximum absolute atomic E-state index is 12.3. The molecule has 1 atom stereocenters. The number of benzene rings is 2. The van der Waals surface area contributed by atoms with Crippen molar-refractivity contribution in [2.45, 2.75) is 19.4 Å². The number of anilines is 1. The van der Waals surface area contributed by atoms with E-state index in [2.05, 4.69) is 36.7 Å². The summed E-state index contributed by atoms with van der Waals surface area (Å²) < 4.78 is 11.4. The van der Waals surface area contributed by atoms with Crippen molar-refractivity contribution in [2.24, 2.45) is 0 Å². The van der Waals surface area contributed by atoms with Crippen molar-refractivity contribution in [1.29, 1.82) is 0 Å². The smallest absolute Gasteiger partial charge is 0.319 e. The molecule has 3 rings (SSSR count). The molecular formula is C19H19BrN4O3. The van der Waals surface area contributed by atoms with Gasteiger partial charge in [-0.1, -0.05) is 34.1 Å². The zero-order valence-electron chi connectivity index (χ0n) is 14.9. The number of carbonyl (C=O) groups excluding carboxylic acids is 1. The topological polar surface area (TPSA) is 89.3 Å². The fraction of sp³-hybridized carbons (Fsp3) is 0.211. The molecule has 2 amide bonds. The molecule has 2 aromatic carbocycles. The van der Waals surface area contributed by atoms with Crippen molar-refractivity contribution in [3.8, 4) is 17.2 Å². The maximum atomic E-state index is 12.3. The maximum Gasteiger partial charge on any atom is 0.319 e. The van der Waals surface area contributed by atoms with E-state index in [4.69, 9.17) is 9.26 Å². The van der Waals surface area contributed by atoms with Gasteiger partial charge in [-0.05, 0) is 48.9 Å². The number of aromatic nitrogens is 2. The lowest BCUT2D eigenvalue weighted by Gasteiger charge is -2.14. The van der Waals surface area contributed by atoms with Crippen molar-refractivity contribution < 1.29 is 14.1 Å². The molecule has 0 aliphatic heterocycles. The number of hydrogen-bond acceptors (Lipinski definition) is 5. The second-order valence-electron chi connectivity index (χ2n) is 5.76. The highest BCUT2D eigenvalue weighted by Gasteiger charge is 2.19. The Morgan fingerprint density at radius 2 is 2.04 bits per heavy atom. The summed E-state index contributed by atoms with van der Waals surface area (Å²) in [6.07, 6.45) is 0.619. The number of nitrogens with zero attached hydrogens (tertiary/aromatic N) is 2. The van der Waals surface area contributed by atoms with Crippen molar-refractivity contribution >= 4 is 27.6 Å². The Labute approximate surface area is 165 Å². The normalized spacial score (nSPS) is 11.7. The summed E-state index contributed by atoms with van der Waals surface area (Å²) in [5.74, 6) is 1.55. The van der Waals surface area contributed by atoms with Gasteiger partial charge in [0.2, 0.25) is 0 Å². The minimum Gasteiger partial charge on any atom is -0.497 e. The van der Waals surface area contributed by atoms with Gasteiger partial charge in [0.25, 0.3) is 5.89 Å². The summed E-state index contributed by atoms with van der Waals surface area (Å²) in [5, 5.41) is 9.65. The highest BCUT2D eigenvalue weighted by molar-refractivity contribution is 9.10. The van der Waals surface area contributed by atoms with Gasteiger partial charge in [-0.15, -0.1) is 0 Å². The molecule has 0 aliphatic rings. The van der Waals surface area contributed by atoms with E-state index in [1.165, 1.54) is 0 Å². The minimum absolute atomic E-state index is 0.346. The molecule has 1 heterocycles. The quantitative estimate of drug-likeness (QED) is 0.587. The molecule has 3 aromatic rings. The van der Waals surface area contributed by atoms with Crippen LogP contribution in [0.1, 0.15) is 25.2 Å². The molecule has 0 fully saturated rings. The Hall–Kier alpha value is -2.87. The number of ether oxygens (including phenoxy) is 1. The van der Waals surface area contributed by atoms with Gasteiger partial charge in [0.1, 0.15) is 5.75 Å². The van der Waals surface area contributed by atoms with Crippen molar-refractivity contribution in [2.75, 3.05) is 12.4 Å². The zero-order valence-corrected chi connectivity index (χ0v) is 16.5. The third kappa shape index (κ3) is 4.85. The summed E-state index contributed by atoms with van der Waals surface area (Å²) in [6, 6.07) is 13.9. The molecule has 0 saturated carbocycles. The third-order valence-corrected chi connectivity index (χ3v) is 4.38. The molecule has 0 saturated heterocycles. The molecule has 0 radical (unpaired) electrons. The first kappa shape index (κ1) is 18.9. The predicted molar refractivity (Wildman–Crippen MR) is 106 cm³/mol. The molecule has 2 N–H and O–H groups in total. The van der Waals surface area contributed by atoms with Gasteiger partial charge in [0.15, 0.2) is 5.82 Å². The highest BCUT2D eigenvalue weighted by Crippen LogP contribution is 2.23. The number of amides is 2. The minimum atomic E-state index is -0.368. The first-order chi connectivity index (χ1) is 13.1. The Balaban J connectivity index is 1.67. The number of methoxy groups -OCH3 is 1. The van der Waals surface area contributed by atoms with Gasteiger partial charge >= 0.3 is 6.03 Å². The van der Waals surface area contributed by atoms with E-state index < -0.39 is 0 Å². The number of hydrogen-bond donors (Lipinski definition) is 2. The Morgan fingerprint density at radius 1 is 1.26 bits per heavy atom. The van der Waals surface area contributed by atoms with E-state index in [0.717, 1.165) is 15.8 Å². The predicted octanol–water partition coefficient (Wildman–Crippen LogP) is 4.78. The van der Waals surface area contributed by atoms with E-state index in [9.17, 15) is 4.79 Å². The fourth-order valence-corrected chi connectivity index (χ4v) is 2.86. The SMILES string of the molecule is CCC(NC(=O)Nc1ccc(OC)cc1)c1noc(-c2cccc(Br)c2)n1. The Bertz CT molecular complexity index is 911. The van der Waals surface area contributed by atoms with Gasteiger partial charge in [-0.3, -0.25) is 0 Å². The lowest BCUT2D eigenvalue weighted by atomic mass is 10.2. The van der Waals surface area contributed by atoms with Crippen LogP contribution in [0.3, 0.4) is 0 Å². The molecule has 7 nitrogen and oxygen atoms in total. The molecule has 1 aromatic heterocycles. The van der Waals surface area contributed by atoms with Crippen LogP contribution in [0, 0.1) is 0 Å². The fourth-order valence-electron chi connectivity index (χ4n) is 2.46. The van der Waals surface area contributed by atoms with Crippen LogP contribution in [0.15, 0.2) is 57.5 Å². The molecule has 1 unspecified atom stereocenters. The third-order valence-electron chi connectivity index (χ3n) is 3.89. The molecule has 0 bridgehead atoms. The van der Waals surface area contributed by atoms with E-state index in [1.807, 2.05) is 31.2 Å². The molecule has 0 aliphatic carbocycles. The Kier molecular flexibility index (Phi) is 6.08. The second kappa shape index (κ2) is 8.68. The van der Waals surface area contributed by atoms with Gasteiger partial charge < -0.3 is 19.9 Å². The van der Waals surface area contributed by atoms with Crippen LogP contribution in [-0.4, -0.2) is 23.3 Å². The van der Waals surface area contributed by atoms with E-state index >= 15 is 0 Å². The lowest BCUT2D eigenvalue weighted by molar-refractivity contribution is 0.247. The largest absolute Gasteiger partial charge is 0.497 e. The van der Waals surface area contributed by atoms with E-state index in [1.54, 1.807) is 31.4 Å². The summed E-state index contributed by atoms with van der Waals surface area (Å²) >= 11 is 3.42. The summed E-state index contributed by atoms with van der Waals surface area (Å²) in [6.45, 7) is 1.94. The number of halogens is 1. The molecule has 0 spiro atoms. The van der Waals surface area contributed by atoms with E-state index in [0.29, 0.717) is 23.8 Å². The van der Waals surface area contributed by atoms with Crippen molar-refractivity contribution in [3.63, 3.8) is 0 Å². The first-order valence-electron chi connectivity index (χ1n) is 8.40. The van der Waals surface area contributed by atoms with Crippen LogP contribution in [0.5, 0.6) is 5.75 Å². The van der Waals surface area contributed by atoms with Gasteiger partial charge in [0, 0.05) is 15.7 Å². The average molecular weight is 431 g/mol. The number of nitrogens with one attached hydrogen (secondary N) is 2. The molecule has 140 valence electrons. The van der Waals surface area contributed by atoms with Crippen LogP contribution in [0.2, 0.25) is 0 Å². The van der Waals surface area contributed by atoms with Crippen LogP contribution in [0.4, 0.5) is 10.5 Å². The Morgan fingerprint density at radius 3 is 2.70 bits per heavy atom.